The number of benzene rings is 1. The molecule has 0 aliphatic carbocycles. The van der Waals surface area contributed by atoms with E-state index in [0.29, 0.717) is 35.2 Å². The van der Waals surface area contributed by atoms with E-state index in [0.717, 1.165) is 29.3 Å². The molecule has 1 aromatic carbocycles. The second-order valence-electron chi connectivity index (χ2n) is 6.60. The minimum absolute atomic E-state index is 0.250. The van der Waals surface area contributed by atoms with Gasteiger partial charge >= 0.3 is 0 Å². The first kappa shape index (κ1) is 20.6. The number of anilines is 1. The number of hydrazine groups is 1. The summed E-state index contributed by atoms with van der Waals surface area (Å²) in [5, 5.41) is 1.48. The smallest absolute Gasteiger partial charge is 0.281 e. The predicted molar refractivity (Wildman–Crippen MR) is 110 cm³/mol. The molecule has 1 saturated heterocycles. The average Bonchev–Trinajstić information content (AvgIpc) is 3.09. The highest BCUT2D eigenvalue weighted by Gasteiger charge is 2.20. The third kappa shape index (κ3) is 5.21. The number of carbonyl (C=O) groups excluding carboxylic acids is 2. The first-order valence-electron chi connectivity index (χ1n) is 9.08. The third-order valence-electron chi connectivity index (χ3n) is 4.47. The molecule has 150 valence electrons. The number of nitrogens with zero attached hydrogens (tertiary/aromatic N) is 2. The number of halogens is 1. The lowest BCUT2D eigenvalue weighted by atomic mass is 10.1. The number of ether oxygens (including phenoxy) is 1. The zero-order valence-corrected chi connectivity index (χ0v) is 17.5. The van der Waals surface area contributed by atoms with Crippen molar-refractivity contribution in [1.29, 1.82) is 0 Å². The van der Waals surface area contributed by atoms with Crippen LogP contribution in [0.15, 0.2) is 18.2 Å². The Morgan fingerprint density at radius 2 is 2.00 bits per heavy atom. The SMILES string of the molecule is Cc1ccc(CCC(=O)NNC(=O)c2sc(N3CCOCC3)nc2C)cc1Cl. The Morgan fingerprint density at radius 3 is 2.71 bits per heavy atom. The van der Waals surface area contributed by atoms with Crippen LogP contribution in [0.2, 0.25) is 5.02 Å². The maximum absolute atomic E-state index is 12.4. The minimum atomic E-state index is -0.360. The lowest BCUT2D eigenvalue weighted by Gasteiger charge is -2.25. The Labute approximate surface area is 173 Å². The van der Waals surface area contributed by atoms with Gasteiger partial charge in [0, 0.05) is 24.5 Å². The zero-order valence-electron chi connectivity index (χ0n) is 15.9. The molecule has 0 unspecified atom stereocenters. The van der Waals surface area contributed by atoms with Gasteiger partial charge < -0.3 is 9.64 Å². The molecule has 0 bridgehead atoms. The monoisotopic (exact) mass is 422 g/mol. The summed E-state index contributed by atoms with van der Waals surface area (Å²) < 4.78 is 5.34. The van der Waals surface area contributed by atoms with Crippen LogP contribution in [-0.4, -0.2) is 43.1 Å². The van der Waals surface area contributed by atoms with Crippen molar-refractivity contribution in [3.05, 3.63) is 44.9 Å². The van der Waals surface area contributed by atoms with Gasteiger partial charge in [-0.1, -0.05) is 35.1 Å². The fourth-order valence-electron chi connectivity index (χ4n) is 2.78. The summed E-state index contributed by atoms with van der Waals surface area (Å²) in [7, 11) is 0. The number of nitrogens with one attached hydrogen (secondary N) is 2. The molecule has 1 aliphatic rings. The van der Waals surface area contributed by atoms with Crippen molar-refractivity contribution < 1.29 is 14.3 Å². The Hall–Kier alpha value is -2.16. The van der Waals surface area contributed by atoms with E-state index in [-0.39, 0.29) is 18.2 Å². The van der Waals surface area contributed by atoms with Gasteiger partial charge in [-0.25, -0.2) is 4.98 Å². The van der Waals surface area contributed by atoms with Gasteiger partial charge in [-0.15, -0.1) is 0 Å². The lowest BCUT2D eigenvalue weighted by Crippen LogP contribution is -2.41. The van der Waals surface area contributed by atoms with Crippen LogP contribution in [0.4, 0.5) is 5.13 Å². The van der Waals surface area contributed by atoms with Gasteiger partial charge in [0.1, 0.15) is 4.88 Å². The molecule has 0 spiro atoms. The fraction of sp³-hybridized carbons (Fsp3) is 0.421. The standard InChI is InChI=1S/C19H23ClN4O3S/c1-12-3-4-14(11-15(12)20)5-6-16(25)22-23-18(26)17-13(2)21-19(28-17)24-7-9-27-10-8-24/h3-4,11H,5-10H2,1-2H3,(H,22,25)(H,23,26). The van der Waals surface area contributed by atoms with Crippen LogP contribution >= 0.6 is 22.9 Å². The van der Waals surface area contributed by atoms with E-state index in [2.05, 4.69) is 20.7 Å². The maximum atomic E-state index is 12.4. The third-order valence-corrected chi connectivity index (χ3v) is 6.09. The highest BCUT2D eigenvalue weighted by Crippen LogP contribution is 2.26. The summed E-state index contributed by atoms with van der Waals surface area (Å²) in [5.74, 6) is -0.623. The predicted octanol–water partition coefficient (Wildman–Crippen LogP) is 2.64. The molecule has 9 heteroatoms. The number of morpholine rings is 1. The van der Waals surface area contributed by atoms with Crippen molar-refractivity contribution in [1.82, 2.24) is 15.8 Å². The molecule has 7 nitrogen and oxygen atoms in total. The zero-order chi connectivity index (χ0) is 20.1. The van der Waals surface area contributed by atoms with Crippen molar-refractivity contribution in [3.8, 4) is 0 Å². The average molecular weight is 423 g/mol. The van der Waals surface area contributed by atoms with Crippen LogP contribution < -0.4 is 15.8 Å². The molecule has 1 aromatic heterocycles. The van der Waals surface area contributed by atoms with Gasteiger partial charge in [-0.05, 0) is 37.5 Å². The van der Waals surface area contributed by atoms with E-state index < -0.39 is 0 Å². The molecule has 2 N–H and O–H groups in total. The van der Waals surface area contributed by atoms with Gasteiger partial charge in [0.15, 0.2) is 5.13 Å². The summed E-state index contributed by atoms with van der Waals surface area (Å²) >= 11 is 7.42. The molecular weight excluding hydrogens is 400 g/mol. The summed E-state index contributed by atoms with van der Waals surface area (Å²) in [6, 6.07) is 5.73. The lowest BCUT2D eigenvalue weighted by molar-refractivity contribution is -0.121. The maximum Gasteiger partial charge on any atom is 0.281 e. The number of rotatable bonds is 5. The molecule has 0 atom stereocenters. The van der Waals surface area contributed by atoms with Crippen molar-refractivity contribution in [3.63, 3.8) is 0 Å². The van der Waals surface area contributed by atoms with Gasteiger partial charge in [-0.3, -0.25) is 20.4 Å². The van der Waals surface area contributed by atoms with E-state index in [1.54, 1.807) is 6.92 Å². The first-order valence-corrected chi connectivity index (χ1v) is 10.3. The van der Waals surface area contributed by atoms with E-state index in [1.165, 1.54) is 11.3 Å². The highest BCUT2D eigenvalue weighted by molar-refractivity contribution is 7.17. The number of carbonyl (C=O) groups is 2. The van der Waals surface area contributed by atoms with Crippen LogP contribution in [0.1, 0.15) is 32.9 Å². The van der Waals surface area contributed by atoms with Gasteiger partial charge in [0.2, 0.25) is 5.91 Å². The summed E-state index contributed by atoms with van der Waals surface area (Å²) in [4.78, 5) is 31.5. The summed E-state index contributed by atoms with van der Waals surface area (Å²) in [6.07, 6.45) is 0.794. The largest absolute Gasteiger partial charge is 0.378 e. The Kier molecular flexibility index (Phi) is 6.88. The molecule has 2 amide bonds. The van der Waals surface area contributed by atoms with Crippen molar-refractivity contribution in [2.75, 3.05) is 31.2 Å². The van der Waals surface area contributed by atoms with Crippen LogP contribution in [-0.2, 0) is 16.0 Å². The Morgan fingerprint density at radius 1 is 1.25 bits per heavy atom. The molecule has 1 aliphatic heterocycles. The van der Waals surface area contributed by atoms with Gasteiger partial charge in [0.05, 0.1) is 18.9 Å². The molecule has 1 fully saturated rings. The van der Waals surface area contributed by atoms with Crippen LogP contribution in [0.25, 0.3) is 0 Å². The number of aryl methyl sites for hydroxylation is 3. The second kappa shape index (κ2) is 9.36. The van der Waals surface area contributed by atoms with Crippen LogP contribution in [0, 0.1) is 13.8 Å². The molecular formula is C19H23ClN4O3S. The van der Waals surface area contributed by atoms with Crippen molar-refractivity contribution in [2.24, 2.45) is 0 Å². The fourth-order valence-corrected chi connectivity index (χ4v) is 4.00. The number of amides is 2. The molecule has 0 radical (unpaired) electrons. The molecule has 28 heavy (non-hydrogen) atoms. The van der Waals surface area contributed by atoms with E-state index in [9.17, 15) is 9.59 Å². The molecule has 3 rings (SSSR count). The van der Waals surface area contributed by atoms with E-state index in [1.807, 2.05) is 25.1 Å². The Balaban J connectivity index is 1.50. The number of hydrogen-bond acceptors (Lipinski definition) is 6. The minimum Gasteiger partial charge on any atom is -0.378 e. The number of aromatic nitrogens is 1. The molecule has 2 aromatic rings. The number of thiazole rings is 1. The normalized spacial score (nSPS) is 14.0. The molecule has 2 heterocycles. The second-order valence-corrected chi connectivity index (χ2v) is 7.98. The molecule has 0 saturated carbocycles. The van der Waals surface area contributed by atoms with E-state index in [4.69, 9.17) is 16.3 Å². The van der Waals surface area contributed by atoms with E-state index >= 15 is 0 Å². The first-order chi connectivity index (χ1) is 13.4. The van der Waals surface area contributed by atoms with Crippen LogP contribution in [0.5, 0.6) is 0 Å². The number of hydrogen-bond donors (Lipinski definition) is 2. The summed E-state index contributed by atoms with van der Waals surface area (Å²) in [6.45, 7) is 6.55. The quantitative estimate of drug-likeness (QED) is 0.724. The van der Waals surface area contributed by atoms with Crippen molar-refractivity contribution in [2.45, 2.75) is 26.7 Å². The summed E-state index contributed by atoms with van der Waals surface area (Å²) in [5.41, 5.74) is 7.56. The van der Waals surface area contributed by atoms with Gasteiger partial charge in [0.25, 0.3) is 5.91 Å². The highest BCUT2D eigenvalue weighted by atomic mass is 35.5. The van der Waals surface area contributed by atoms with Gasteiger partial charge in [-0.2, -0.15) is 0 Å². The topological polar surface area (TPSA) is 83.6 Å². The Bertz CT molecular complexity index is 865. The van der Waals surface area contributed by atoms with Crippen molar-refractivity contribution >= 4 is 39.9 Å². The van der Waals surface area contributed by atoms with Crippen LogP contribution in [0.3, 0.4) is 0 Å².